The number of methoxy groups -OCH3 is 1. The van der Waals surface area contributed by atoms with Gasteiger partial charge in [0.1, 0.15) is 5.69 Å². The minimum atomic E-state index is -0.542. The molecule has 0 radical (unpaired) electrons. The molecule has 4 fully saturated rings. The van der Waals surface area contributed by atoms with Crippen LogP contribution in [0.5, 0.6) is 5.88 Å². The predicted octanol–water partition coefficient (Wildman–Crippen LogP) is 3.22. The predicted molar refractivity (Wildman–Crippen MR) is 128 cm³/mol. The summed E-state index contributed by atoms with van der Waals surface area (Å²) in [6.45, 7) is 1.38. The van der Waals surface area contributed by atoms with Crippen molar-refractivity contribution < 1.29 is 23.5 Å². The minimum Gasteiger partial charge on any atom is -0.481 e. The first-order valence-electron chi connectivity index (χ1n) is 12.9. The quantitative estimate of drug-likeness (QED) is 0.657. The number of pyridine rings is 1. The molecule has 2 N–H and O–H groups in total. The fraction of sp³-hybridized carbons (Fsp3) is 0.615. The monoisotopic (exact) mass is 497 g/mol. The van der Waals surface area contributed by atoms with E-state index in [0.717, 1.165) is 57.7 Å². The number of likely N-dealkylation sites (tertiary alicyclic amines) is 1. The third kappa shape index (κ3) is 4.15. The number of nitrogens with one attached hydrogen (secondary N) is 2. The highest BCUT2D eigenvalue weighted by Crippen LogP contribution is 2.50. The second-order valence-corrected chi connectivity index (χ2v) is 10.8. The number of carbonyl (C=O) groups is 2. The van der Waals surface area contributed by atoms with E-state index in [0.29, 0.717) is 30.8 Å². The van der Waals surface area contributed by atoms with Crippen molar-refractivity contribution in [1.82, 2.24) is 25.4 Å². The largest absolute Gasteiger partial charge is 0.481 e. The summed E-state index contributed by atoms with van der Waals surface area (Å²) in [5.74, 6) is -0.397. The van der Waals surface area contributed by atoms with E-state index >= 15 is 0 Å². The molecule has 192 valence electrons. The van der Waals surface area contributed by atoms with Crippen molar-refractivity contribution in [3.8, 4) is 17.1 Å². The van der Waals surface area contributed by atoms with Crippen molar-refractivity contribution >= 4 is 11.8 Å². The van der Waals surface area contributed by atoms with E-state index < -0.39 is 5.82 Å². The van der Waals surface area contributed by atoms with Crippen LogP contribution in [0.2, 0.25) is 0 Å². The van der Waals surface area contributed by atoms with Gasteiger partial charge in [0.05, 0.1) is 31.2 Å². The highest BCUT2D eigenvalue weighted by Gasteiger charge is 2.55. The molecule has 2 aliphatic heterocycles. The number of halogens is 1. The van der Waals surface area contributed by atoms with E-state index in [-0.39, 0.29) is 46.4 Å². The molecule has 2 amide bonds. The van der Waals surface area contributed by atoms with E-state index in [1.165, 1.54) is 13.2 Å². The number of hydrogen-bond donors (Lipinski definition) is 2. The molecule has 2 aromatic heterocycles. The zero-order chi connectivity index (χ0) is 24.9. The molecular weight excluding hydrogens is 465 g/mol. The van der Waals surface area contributed by atoms with Gasteiger partial charge >= 0.3 is 0 Å². The van der Waals surface area contributed by atoms with Gasteiger partial charge in [0.25, 0.3) is 5.91 Å². The van der Waals surface area contributed by atoms with Crippen LogP contribution in [0, 0.1) is 11.7 Å². The Balaban J connectivity index is 1.09. The fourth-order valence-corrected chi connectivity index (χ4v) is 6.19. The first kappa shape index (κ1) is 23.4. The Hall–Kier alpha value is -3.01. The molecule has 4 heterocycles. The number of aromatic amines is 1. The highest BCUT2D eigenvalue weighted by atomic mass is 19.1. The Kier molecular flexibility index (Phi) is 5.74. The van der Waals surface area contributed by atoms with E-state index in [4.69, 9.17) is 9.47 Å². The first-order chi connectivity index (χ1) is 17.4. The van der Waals surface area contributed by atoms with Gasteiger partial charge in [-0.05, 0) is 63.9 Å². The van der Waals surface area contributed by atoms with Gasteiger partial charge < -0.3 is 19.7 Å². The van der Waals surface area contributed by atoms with Gasteiger partial charge in [0.15, 0.2) is 5.82 Å². The van der Waals surface area contributed by atoms with Gasteiger partial charge in [0.2, 0.25) is 11.8 Å². The lowest BCUT2D eigenvalue weighted by atomic mass is 9.77. The maximum atomic E-state index is 14.3. The zero-order valence-corrected chi connectivity index (χ0v) is 20.5. The van der Waals surface area contributed by atoms with E-state index in [1.807, 2.05) is 4.90 Å². The molecule has 6 rings (SSSR count). The summed E-state index contributed by atoms with van der Waals surface area (Å²) < 4.78 is 25.2. The van der Waals surface area contributed by atoms with Crippen molar-refractivity contribution in [2.75, 3.05) is 20.3 Å². The lowest BCUT2D eigenvalue weighted by Crippen LogP contribution is -2.53. The third-order valence-corrected chi connectivity index (χ3v) is 8.68. The van der Waals surface area contributed by atoms with Gasteiger partial charge in [-0.1, -0.05) is 0 Å². The third-order valence-electron chi connectivity index (χ3n) is 8.68. The van der Waals surface area contributed by atoms with Crippen molar-refractivity contribution in [3.05, 3.63) is 29.8 Å². The SMILES string of the molecule is COc1cc(-c2cc(C(=O)N3CCC(C(=O)NC4CCC5(CCO5)CC4)CC34CC4)[nH]n2)c(F)cn1. The number of amides is 2. The van der Waals surface area contributed by atoms with Crippen molar-refractivity contribution in [1.29, 1.82) is 0 Å². The molecule has 1 unspecified atom stereocenters. The summed E-state index contributed by atoms with van der Waals surface area (Å²) in [6, 6.07) is 3.24. The van der Waals surface area contributed by atoms with Crippen LogP contribution < -0.4 is 10.1 Å². The van der Waals surface area contributed by atoms with Crippen LogP contribution in [0.4, 0.5) is 4.39 Å². The van der Waals surface area contributed by atoms with Crippen LogP contribution >= 0.6 is 0 Å². The topological polar surface area (TPSA) is 109 Å². The van der Waals surface area contributed by atoms with Crippen LogP contribution in [0.1, 0.15) is 68.3 Å². The number of piperidine rings is 1. The standard InChI is InChI=1S/C26H32FN5O4/c1-35-22-12-18(19(27)15-28-22)20-13-21(31-30-20)24(34)32-10-4-16(14-25(32)7-8-25)23(33)29-17-2-5-26(6-3-17)9-11-36-26/h12-13,15-17H,2-11,14H2,1H3,(H,29,33)(H,30,31). The second-order valence-electron chi connectivity index (χ2n) is 10.8. The number of hydrogen-bond acceptors (Lipinski definition) is 6. The lowest BCUT2D eigenvalue weighted by Gasteiger charge is -2.47. The molecule has 2 saturated heterocycles. The highest BCUT2D eigenvalue weighted by molar-refractivity contribution is 5.94. The molecule has 9 nitrogen and oxygen atoms in total. The summed E-state index contributed by atoms with van der Waals surface area (Å²) in [4.78, 5) is 32.2. The molecule has 2 aliphatic carbocycles. The molecule has 2 aromatic rings. The number of H-pyrrole nitrogens is 1. The summed E-state index contributed by atoms with van der Waals surface area (Å²) >= 11 is 0. The number of carbonyl (C=O) groups excluding carboxylic acids is 2. The van der Waals surface area contributed by atoms with Gasteiger partial charge in [-0.3, -0.25) is 14.7 Å². The van der Waals surface area contributed by atoms with Gasteiger partial charge in [-0.15, -0.1) is 0 Å². The molecule has 4 aliphatic rings. The zero-order valence-electron chi connectivity index (χ0n) is 20.5. The van der Waals surface area contributed by atoms with Crippen LogP contribution in [-0.4, -0.2) is 69.3 Å². The molecule has 2 spiro atoms. The maximum Gasteiger partial charge on any atom is 0.272 e. The number of aromatic nitrogens is 3. The van der Waals surface area contributed by atoms with Crippen LogP contribution in [0.25, 0.3) is 11.3 Å². The van der Waals surface area contributed by atoms with Crippen molar-refractivity contribution in [2.24, 2.45) is 5.92 Å². The average molecular weight is 498 g/mol. The van der Waals surface area contributed by atoms with Crippen LogP contribution in [0.3, 0.4) is 0 Å². The molecule has 36 heavy (non-hydrogen) atoms. The van der Waals surface area contributed by atoms with Crippen LogP contribution in [0.15, 0.2) is 18.3 Å². The number of ether oxygens (including phenoxy) is 2. The fourth-order valence-electron chi connectivity index (χ4n) is 6.19. The summed E-state index contributed by atoms with van der Waals surface area (Å²) in [7, 11) is 1.46. The Morgan fingerprint density at radius 3 is 2.64 bits per heavy atom. The normalized spacial score (nSPS) is 28.6. The van der Waals surface area contributed by atoms with Crippen molar-refractivity contribution in [2.45, 2.75) is 75.0 Å². The lowest BCUT2D eigenvalue weighted by molar-refractivity contribution is -0.168. The smallest absolute Gasteiger partial charge is 0.272 e. The summed E-state index contributed by atoms with van der Waals surface area (Å²) in [5, 5.41) is 10.2. The van der Waals surface area contributed by atoms with Gasteiger partial charge in [-0.2, -0.15) is 5.10 Å². The van der Waals surface area contributed by atoms with Crippen LogP contribution in [-0.2, 0) is 9.53 Å². The summed E-state index contributed by atoms with van der Waals surface area (Å²) in [5.41, 5.74) is 0.656. The second kappa shape index (κ2) is 8.83. The average Bonchev–Trinajstić information content (AvgIpc) is 3.45. The first-order valence-corrected chi connectivity index (χ1v) is 12.9. The summed E-state index contributed by atoms with van der Waals surface area (Å²) in [6.07, 6.45) is 9.32. The molecule has 10 heteroatoms. The molecule has 1 atom stereocenters. The molecule has 2 saturated carbocycles. The molecular formula is C26H32FN5O4. The number of rotatable bonds is 5. The maximum absolute atomic E-state index is 14.3. The van der Waals surface area contributed by atoms with Gasteiger partial charge in [-0.25, -0.2) is 9.37 Å². The Morgan fingerprint density at radius 2 is 1.97 bits per heavy atom. The van der Waals surface area contributed by atoms with E-state index in [2.05, 4.69) is 20.5 Å². The van der Waals surface area contributed by atoms with Gasteiger partial charge in [0, 0.05) is 35.7 Å². The Labute approximate surface area is 209 Å². The molecule has 0 bridgehead atoms. The van der Waals surface area contributed by atoms with Crippen molar-refractivity contribution in [3.63, 3.8) is 0 Å². The molecule has 0 aromatic carbocycles. The Morgan fingerprint density at radius 1 is 1.19 bits per heavy atom. The Bertz CT molecular complexity index is 1160. The number of nitrogens with zero attached hydrogens (tertiary/aromatic N) is 3. The van der Waals surface area contributed by atoms with E-state index in [1.54, 1.807) is 6.07 Å². The minimum absolute atomic E-state index is 0.0805. The van der Waals surface area contributed by atoms with E-state index in [9.17, 15) is 14.0 Å².